The number of rotatable bonds is 6. The summed E-state index contributed by atoms with van der Waals surface area (Å²) in [5, 5.41) is 9.77. The largest absolute Gasteiger partial charge is 0.479 e. The molecule has 10 heteroatoms. The van der Waals surface area contributed by atoms with Crippen LogP contribution in [0.15, 0.2) is 53.4 Å². The number of halogens is 1. The summed E-state index contributed by atoms with van der Waals surface area (Å²) in [7, 11) is 0. The average molecular weight is 446 g/mol. The number of carbonyl (C=O) groups excluding carboxylic acids is 2. The molecule has 0 saturated carbocycles. The lowest BCUT2D eigenvalue weighted by atomic mass is 10.2. The van der Waals surface area contributed by atoms with Crippen molar-refractivity contribution in [2.24, 2.45) is 0 Å². The van der Waals surface area contributed by atoms with Crippen molar-refractivity contribution in [3.8, 4) is 5.75 Å². The molecule has 1 aliphatic heterocycles. The Morgan fingerprint density at radius 3 is 2.53 bits per heavy atom. The van der Waals surface area contributed by atoms with Gasteiger partial charge in [-0.05, 0) is 55.0 Å². The molecule has 2 N–H and O–H groups in total. The Morgan fingerprint density at radius 1 is 1.23 bits per heavy atom. The second-order valence-electron chi connectivity index (χ2n) is 6.11. The first-order valence-corrected chi connectivity index (χ1v) is 9.81. The maximum Gasteiger partial charge on any atom is 0.344 e. The van der Waals surface area contributed by atoms with Crippen LogP contribution in [0, 0.1) is 5.82 Å². The zero-order valence-electron chi connectivity index (χ0n) is 15.5. The number of hydrazine groups is 1. The van der Waals surface area contributed by atoms with E-state index in [9.17, 15) is 18.8 Å². The molecule has 3 rings (SSSR count). The van der Waals surface area contributed by atoms with Crippen molar-refractivity contribution < 1.29 is 28.6 Å². The number of carboxylic acids is 1. The number of benzene rings is 2. The van der Waals surface area contributed by atoms with Gasteiger partial charge in [-0.15, -0.1) is 0 Å². The summed E-state index contributed by atoms with van der Waals surface area (Å²) in [5.41, 5.74) is 2.76. The second-order valence-corrected chi connectivity index (χ2v) is 7.78. The van der Waals surface area contributed by atoms with Crippen molar-refractivity contribution in [2.75, 3.05) is 0 Å². The van der Waals surface area contributed by atoms with Crippen molar-refractivity contribution in [2.45, 2.75) is 13.0 Å². The zero-order chi connectivity index (χ0) is 21.8. The van der Waals surface area contributed by atoms with Crippen molar-refractivity contribution in [1.29, 1.82) is 0 Å². The molecule has 1 fully saturated rings. The Labute approximate surface area is 180 Å². The van der Waals surface area contributed by atoms with Gasteiger partial charge in [0.2, 0.25) is 0 Å². The number of thioether (sulfide) groups is 1. The molecule has 0 radical (unpaired) electrons. The molecule has 0 aliphatic carbocycles. The number of thiocarbonyl (C=S) groups is 1. The minimum atomic E-state index is -1.08. The Morgan fingerprint density at radius 2 is 1.90 bits per heavy atom. The molecule has 2 aromatic carbocycles. The number of carboxylic acid groups (broad SMARTS) is 1. The van der Waals surface area contributed by atoms with E-state index < -0.39 is 29.7 Å². The van der Waals surface area contributed by atoms with Crippen molar-refractivity contribution in [3.63, 3.8) is 0 Å². The van der Waals surface area contributed by atoms with Crippen molar-refractivity contribution in [1.82, 2.24) is 10.4 Å². The van der Waals surface area contributed by atoms with Crippen LogP contribution in [-0.2, 0) is 9.59 Å². The Hall–Kier alpha value is -3.24. The molecular weight excluding hydrogens is 431 g/mol. The highest BCUT2D eigenvalue weighted by Crippen LogP contribution is 2.31. The van der Waals surface area contributed by atoms with Gasteiger partial charge in [-0.3, -0.25) is 15.0 Å². The Kier molecular flexibility index (Phi) is 6.48. The number of carbonyl (C=O) groups is 3. The molecule has 1 saturated heterocycles. The lowest BCUT2D eigenvalue weighted by Crippen LogP contribution is -2.45. The van der Waals surface area contributed by atoms with Gasteiger partial charge in [-0.25, -0.2) is 9.18 Å². The minimum Gasteiger partial charge on any atom is -0.479 e. The predicted molar refractivity (Wildman–Crippen MR) is 113 cm³/mol. The molecule has 2 aromatic rings. The number of hydrogen-bond donors (Lipinski definition) is 2. The maximum absolute atomic E-state index is 13.8. The van der Waals surface area contributed by atoms with E-state index in [-0.39, 0.29) is 14.8 Å². The van der Waals surface area contributed by atoms with Crippen LogP contribution >= 0.6 is 24.0 Å². The Bertz CT molecular complexity index is 1060. The smallest absolute Gasteiger partial charge is 0.344 e. The maximum atomic E-state index is 13.8. The minimum absolute atomic E-state index is 0.103. The van der Waals surface area contributed by atoms with Gasteiger partial charge in [0.15, 0.2) is 10.4 Å². The molecule has 154 valence electrons. The first-order valence-electron chi connectivity index (χ1n) is 8.59. The van der Waals surface area contributed by atoms with Crippen LogP contribution in [0.25, 0.3) is 6.08 Å². The SMILES string of the molecule is CC(Oc1ccc(/C=C2/SC(=S)N(NC(=O)c3ccccc3F)C2=O)cc1)C(=O)O. The summed E-state index contributed by atoms with van der Waals surface area (Å²) < 4.78 is 19.1. The van der Waals surface area contributed by atoms with Gasteiger partial charge in [-0.2, -0.15) is 5.01 Å². The molecule has 1 heterocycles. The fourth-order valence-corrected chi connectivity index (χ4v) is 3.60. The molecular formula is C20H15FN2O5S2. The quantitative estimate of drug-likeness (QED) is 0.520. The van der Waals surface area contributed by atoms with E-state index in [0.29, 0.717) is 11.3 Å². The van der Waals surface area contributed by atoms with Crippen LogP contribution in [0.4, 0.5) is 4.39 Å². The van der Waals surface area contributed by atoms with E-state index in [1.54, 1.807) is 30.3 Å². The van der Waals surface area contributed by atoms with E-state index in [1.807, 2.05) is 0 Å². The number of aliphatic carboxylic acids is 1. The standard InChI is InChI=1S/C20H15FN2O5S2/c1-11(19(26)27)28-13-8-6-12(7-9-13)10-16-18(25)23(20(29)30-16)22-17(24)14-4-2-3-5-15(14)21/h2-11H,1H3,(H,22,24)(H,26,27)/b16-10+. The van der Waals surface area contributed by atoms with Crippen LogP contribution in [0.5, 0.6) is 5.75 Å². The highest BCUT2D eigenvalue weighted by Gasteiger charge is 2.34. The number of nitrogens with zero attached hydrogens (tertiary/aromatic N) is 1. The number of nitrogens with one attached hydrogen (secondary N) is 1. The monoisotopic (exact) mass is 446 g/mol. The molecule has 1 unspecified atom stereocenters. The fraction of sp³-hybridized carbons (Fsp3) is 0.100. The van der Waals surface area contributed by atoms with Gasteiger partial charge < -0.3 is 9.84 Å². The van der Waals surface area contributed by atoms with Gasteiger partial charge in [0, 0.05) is 0 Å². The molecule has 1 atom stereocenters. The van der Waals surface area contributed by atoms with Gasteiger partial charge >= 0.3 is 5.97 Å². The number of amides is 2. The fourth-order valence-electron chi connectivity index (χ4n) is 2.42. The molecule has 30 heavy (non-hydrogen) atoms. The summed E-state index contributed by atoms with van der Waals surface area (Å²) in [6, 6.07) is 11.8. The first kappa shape index (κ1) is 21.5. The molecule has 7 nitrogen and oxygen atoms in total. The molecule has 0 spiro atoms. The van der Waals surface area contributed by atoms with Crippen LogP contribution in [0.3, 0.4) is 0 Å². The van der Waals surface area contributed by atoms with E-state index in [4.69, 9.17) is 22.1 Å². The zero-order valence-corrected chi connectivity index (χ0v) is 17.1. The molecule has 0 aromatic heterocycles. The second kappa shape index (κ2) is 9.06. The van der Waals surface area contributed by atoms with Crippen LogP contribution < -0.4 is 10.2 Å². The first-order chi connectivity index (χ1) is 14.3. The topological polar surface area (TPSA) is 95.9 Å². The van der Waals surface area contributed by atoms with Crippen molar-refractivity contribution in [3.05, 3.63) is 70.4 Å². The third kappa shape index (κ3) is 4.84. The molecule has 1 aliphatic rings. The molecule has 0 bridgehead atoms. The van der Waals surface area contributed by atoms with E-state index in [0.717, 1.165) is 22.8 Å². The third-order valence-corrected chi connectivity index (χ3v) is 5.27. The van der Waals surface area contributed by atoms with Crippen LogP contribution in [0.1, 0.15) is 22.8 Å². The van der Waals surface area contributed by atoms with Gasteiger partial charge in [0.1, 0.15) is 11.6 Å². The summed E-state index contributed by atoms with van der Waals surface area (Å²) in [4.78, 5) is 36.0. The lowest BCUT2D eigenvalue weighted by molar-refractivity contribution is -0.144. The van der Waals surface area contributed by atoms with Crippen LogP contribution in [0.2, 0.25) is 0 Å². The average Bonchev–Trinajstić information content (AvgIpc) is 2.97. The third-order valence-electron chi connectivity index (χ3n) is 3.96. The van der Waals surface area contributed by atoms with Crippen molar-refractivity contribution >= 4 is 52.2 Å². The summed E-state index contributed by atoms with van der Waals surface area (Å²) in [6.07, 6.45) is 0.573. The number of ether oxygens (including phenoxy) is 1. The van der Waals surface area contributed by atoms with E-state index >= 15 is 0 Å². The summed E-state index contributed by atoms with van der Waals surface area (Å²) >= 11 is 6.14. The van der Waals surface area contributed by atoms with E-state index in [1.165, 1.54) is 25.1 Å². The lowest BCUT2D eigenvalue weighted by Gasteiger charge is -2.15. The van der Waals surface area contributed by atoms with Gasteiger partial charge in [0.25, 0.3) is 11.8 Å². The summed E-state index contributed by atoms with van der Waals surface area (Å²) in [6.45, 7) is 1.41. The molecule has 2 amide bonds. The predicted octanol–water partition coefficient (Wildman–Crippen LogP) is 3.22. The van der Waals surface area contributed by atoms with E-state index in [2.05, 4.69) is 5.43 Å². The van der Waals surface area contributed by atoms with Gasteiger partial charge in [0.05, 0.1) is 10.5 Å². The summed E-state index contributed by atoms with van der Waals surface area (Å²) in [5.74, 6) is -2.77. The van der Waals surface area contributed by atoms with Gasteiger partial charge in [-0.1, -0.05) is 36.0 Å². The highest BCUT2D eigenvalue weighted by molar-refractivity contribution is 8.26. The normalized spacial score (nSPS) is 15.9. The highest BCUT2D eigenvalue weighted by atomic mass is 32.2. The Balaban J connectivity index is 1.71. The number of hydrogen-bond acceptors (Lipinski definition) is 6. The van der Waals surface area contributed by atoms with Crippen LogP contribution in [-0.4, -0.2) is 38.3 Å².